The average molecular weight is 357 g/mol. The molecule has 0 spiro atoms. The third kappa shape index (κ3) is 7.26. The van der Waals surface area contributed by atoms with E-state index in [1.165, 1.54) is 0 Å². The zero-order valence-corrected chi connectivity index (χ0v) is 15.8. The molecule has 2 aromatic carbocycles. The number of benzene rings is 2. The van der Waals surface area contributed by atoms with Crippen molar-refractivity contribution in [1.82, 2.24) is 4.90 Å². The smallest absolute Gasteiger partial charge is 0.0916 e. The lowest BCUT2D eigenvalue weighted by molar-refractivity contribution is 0.0464. The van der Waals surface area contributed by atoms with Gasteiger partial charge in [0.1, 0.15) is 0 Å². The van der Waals surface area contributed by atoms with Crippen LogP contribution in [0.1, 0.15) is 43.6 Å². The van der Waals surface area contributed by atoms with E-state index >= 15 is 0 Å². The monoisotopic (exact) mass is 357 g/mol. The Morgan fingerprint density at radius 1 is 0.808 bits per heavy atom. The van der Waals surface area contributed by atoms with E-state index in [2.05, 4.69) is 4.90 Å². The maximum Gasteiger partial charge on any atom is 0.0916 e. The molecule has 0 radical (unpaired) electrons. The Morgan fingerprint density at radius 2 is 1.27 bits per heavy atom. The zero-order valence-electron chi connectivity index (χ0n) is 15.8. The number of nitrogens with zero attached hydrogens (tertiary/aromatic N) is 1. The van der Waals surface area contributed by atoms with Crippen LogP contribution in [0.4, 0.5) is 0 Å². The number of aliphatic hydroxyl groups is 2. The first-order valence-corrected chi connectivity index (χ1v) is 9.36. The summed E-state index contributed by atoms with van der Waals surface area (Å²) in [5.41, 5.74) is 1.79. The highest BCUT2D eigenvalue weighted by atomic mass is 16.5. The van der Waals surface area contributed by atoms with E-state index in [4.69, 9.17) is 4.74 Å². The molecule has 0 fully saturated rings. The van der Waals surface area contributed by atoms with Gasteiger partial charge in [0.05, 0.1) is 18.3 Å². The van der Waals surface area contributed by atoms with Gasteiger partial charge < -0.3 is 14.9 Å². The van der Waals surface area contributed by atoms with Gasteiger partial charge in [0.2, 0.25) is 0 Å². The van der Waals surface area contributed by atoms with Crippen molar-refractivity contribution in [3.63, 3.8) is 0 Å². The van der Waals surface area contributed by atoms with E-state index in [1.54, 1.807) is 0 Å². The normalized spacial score (nSPS) is 13.9. The first kappa shape index (κ1) is 20.6. The van der Waals surface area contributed by atoms with Gasteiger partial charge in [0.15, 0.2) is 0 Å². The molecule has 2 atom stereocenters. The van der Waals surface area contributed by atoms with Crippen molar-refractivity contribution in [2.75, 3.05) is 26.2 Å². The van der Waals surface area contributed by atoms with E-state index in [0.717, 1.165) is 24.1 Å². The lowest BCUT2D eigenvalue weighted by Crippen LogP contribution is -2.34. The van der Waals surface area contributed by atoms with Gasteiger partial charge in [-0.2, -0.15) is 0 Å². The van der Waals surface area contributed by atoms with Gasteiger partial charge in [-0.25, -0.2) is 0 Å². The topological polar surface area (TPSA) is 52.9 Å². The first-order valence-electron chi connectivity index (χ1n) is 9.36. The van der Waals surface area contributed by atoms with E-state index in [-0.39, 0.29) is 6.10 Å². The number of aliphatic hydroxyl groups excluding tert-OH is 2. The number of ether oxygens (including phenoxy) is 1. The molecule has 142 valence electrons. The van der Waals surface area contributed by atoms with Gasteiger partial charge >= 0.3 is 0 Å². The van der Waals surface area contributed by atoms with Crippen molar-refractivity contribution < 1.29 is 14.9 Å². The van der Waals surface area contributed by atoms with Crippen LogP contribution in [-0.2, 0) is 4.74 Å². The minimum Gasteiger partial charge on any atom is -0.387 e. The van der Waals surface area contributed by atoms with E-state index in [0.29, 0.717) is 19.7 Å². The van der Waals surface area contributed by atoms with Crippen LogP contribution in [0.3, 0.4) is 0 Å². The summed E-state index contributed by atoms with van der Waals surface area (Å²) >= 11 is 0. The number of rotatable bonds is 11. The Balaban J connectivity index is 1.96. The second-order valence-electron chi connectivity index (χ2n) is 6.89. The van der Waals surface area contributed by atoms with Crippen LogP contribution in [0, 0.1) is 0 Å². The Bertz CT molecular complexity index is 556. The minimum atomic E-state index is -0.579. The molecule has 0 aromatic heterocycles. The van der Waals surface area contributed by atoms with Crippen LogP contribution in [0.25, 0.3) is 0 Å². The van der Waals surface area contributed by atoms with Crippen molar-refractivity contribution in [3.8, 4) is 0 Å². The number of hydrogen-bond donors (Lipinski definition) is 2. The average Bonchev–Trinajstić information content (AvgIpc) is 2.66. The fourth-order valence-electron chi connectivity index (χ4n) is 2.91. The third-order valence-corrected chi connectivity index (χ3v) is 4.30. The molecule has 0 bridgehead atoms. The first-order chi connectivity index (χ1) is 12.6. The van der Waals surface area contributed by atoms with Gasteiger partial charge in [-0.15, -0.1) is 0 Å². The summed E-state index contributed by atoms with van der Waals surface area (Å²) in [7, 11) is 0. The summed E-state index contributed by atoms with van der Waals surface area (Å²) in [6.07, 6.45) is -0.0788. The van der Waals surface area contributed by atoms with Crippen molar-refractivity contribution in [1.29, 1.82) is 0 Å². The molecule has 26 heavy (non-hydrogen) atoms. The fraction of sp³-hybridized carbons (Fsp3) is 0.455. The molecule has 0 heterocycles. The molecule has 4 nitrogen and oxygen atoms in total. The van der Waals surface area contributed by atoms with Crippen LogP contribution in [-0.4, -0.2) is 47.5 Å². The minimum absolute atomic E-state index is 0.216. The summed E-state index contributed by atoms with van der Waals surface area (Å²) in [6, 6.07) is 19.3. The van der Waals surface area contributed by atoms with Gasteiger partial charge in [0.25, 0.3) is 0 Å². The Hall–Kier alpha value is -1.72. The quantitative estimate of drug-likeness (QED) is 0.604. The Morgan fingerprint density at radius 3 is 1.69 bits per heavy atom. The third-order valence-electron chi connectivity index (χ3n) is 4.30. The van der Waals surface area contributed by atoms with Crippen LogP contribution in [0.15, 0.2) is 60.7 Å². The predicted molar refractivity (Wildman–Crippen MR) is 105 cm³/mol. The Labute approximate surface area is 157 Å². The van der Waals surface area contributed by atoms with Crippen molar-refractivity contribution in [2.45, 2.75) is 38.6 Å². The fourth-order valence-corrected chi connectivity index (χ4v) is 2.91. The lowest BCUT2D eigenvalue weighted by atomic mass is 10.1. The maximum absolute atomic E-state index is 10.6. The molecule has 0 amide bonds. The zero-order chi connectivity index (χ0) is 18.8. The van der Waals surface area contributed by atoms with E-state index in [1.807, 2.05) is 74.5 Å². The highest BCUT2D eigenvalue weighted by Crippen LogP contribution is 2.18. The van der Waals surface area contributed by atoms with Crippen LogP contribution in [0.2, 0.25) is 0 Å². The molecule has 4 heteroatoms. The molecule has 0 aliphatic rings. The van der Waals surface area contributed by atoms with Gasteiger partial charge in [-0.3, -0.25) is 4.90 Å². The summed E-state index contributed by atoms with van der Waals surface area (Å²) in [4.78, 5) is 2.11. The second-order valence-corrected chi connectivity index (χ2v) is 6.89. The molecule has 0 aliphatic carbocycles. The van der Waals surface area contributed by atoms with E-state index in [9.17, 15) is 10.2 Å². The van der Waals surface area contributed by atoms with Gasteiger partial charge in [0, 0.05) is 26.2 Å². The molecule has 2 N–H and O–H groups in total. The standard InChI is InChI=1S/C22H31NO3/c1-18(2)26-15-9-14-23(16-21(24)19-10-5-3-6-11-19)17-22(25)20-12-7-4-8-13-20/h3-8,10-13,18,21-22,24-25H,9,14-17H2,1-2H3/t21-,22+. The highest BCUT2D eigenvalue weighted by Gasteiger charge is 2.17. The van der Waals surface area contributed by atoms with E-state index < -0.39 is 12.2 Å². The summed E-state index contributed by atoms with van der Waals surface area (Å²) in [5, 5.41) is 21.1. The van der Waals surface area contributed by atoms with Gasteiger partial charge in [-0.05, 0) is 31.4 Å². The molecule has 0 aliphatic heterocycles. The molecular formula is C22H31NO3. The van der Waals surface area contributed by atoms with Crippen LogP contribution < -0.4 is 0 Å². The van der Waals surface area contributed by atoms with Crippen molar-refractivity contribution >= 4 is 0 Å². The molecular weight excluding hydrogens is 326 g/mol. The number of hydrogen-bond acceptors (Lipinski definition) is 4. The van der Waals surface area contributed by atoms with Crippen molar-refractivity contribution in [2.24, 2.45) is 0 Å². The van der Waals surface area contributed by atoms with Crippen LogP contribution >= 0.6 is 0 Å². The van der Waals surface area contributed by atoms with Crippen molar-refractivity contribution in [3.05, 3.63) is 71.8 Å². The summed E-state index contributed by atoms with van der Waals surface area (Å²) < 4.78 is 5.62. The van der Waals surface area contributed by atoms with Crippen LogP contribution in [0.5, 0.6) is 0 Å². The lowest BCUT2D eigenvalue weighted by Gasteiger charge is -2.27. The molecule has 0 saturated carbocycles. The molecule has 0 unspecified atom stereocenters. The molecule has 2 rings (SSSR count). The van der Waals surface area contributed by atoms with Gasteiger partial charge in [-0.1, -0.05) is 60.7 Å². The SMILES string of the molecule is CC(C)OCCCN(C[C@@H](O)c1ccccc1)C[C@H](O)c1ccccc1. The molecule has 2 aromatic rings. The highest BCUT2D eigenvalue weighted by molar-refractivity contribution is 5.19. The second kappa shape index (κ2) is 11.1. The molecule has 0 saturated heterocycles. The predicted octanol–water partition coefficient (Wildman–Crippen LogP) is 3.57. The summed E-state index contributed by atoms with van der Waals surface area (Å²) in [6.45, 7) is 6.45. The Kier molecular flexibility index (Phi) is 8.78. The summed E-state index contributed by atoms with van der Waals surface area (Å²) in [5.74, 6) is 0. The maximum atomic E-state index is 10.6. The largest absolute Gasteiger partial charge is 0.387 e.